The van der Waals surface area contributed by atoms with Crippen molar-refractivity contribution in [2.24, 2.45) is 0 Å². The zero-order valence-corrected chi connectivity index (χ0v) is 15.0. The molecule has 0 nitrogen and oxygen atoms in total. The van der Waals surface area contributed by atoms with Gasteiger partial charge in [0, 0.05) is 5.33 Å². The number of rotatable bonds is 14. The molecule has 108 valence electrons. The molecule has 0 saturated carbocycles. The first kappa shape index (κ1) is 18.7. The van der Waals surface area contributed by atoms with Crippen LogP contribution in [0.2, 0.25) is 0 Å². The molecule has 0 aromatic rings. The maximum absolute atomic E-state index is 3.48. The lowest BCUT2D eigenvalue weighted by molar-refractivity contribution is 0.545. The molecule has 0 aliphatic rings. The highest BCUT2D eigenvalue weighted by atomic mass is 79.9. The molecule has 0 saturated heterocycles. The first-order valence-corrected chi connectivity index (χ1v) is 9.76. The fraction of sp³-hybridized carbons (Fsp3) is 0.875. The van der Waals surface area contributed by atoms with Crippen molar-refractivity contribution in [2.45, 2.75) is 83.5 Å². The molecule has 0 aromatic heterocycles. The van der Waals surface area contributed by atoms with Gasteiger partial charge in [-0.05, 0) is 24.2 Å². The van der Waals surface area contributed by atoms with Crippen molar-refractivity contribution in [1.29, 1.82) is 0 Å². The maximum Gasteiger partial charge on any atom is 0.00313 e. The molecule has 0 aliphatic carbocycles. The quantitative estimate of drug-likeness (QED) is 0.217. The Bertz CT molecular complexity index is 166. The Kier molecular flexibility index (Phi) is 18.4. The first-order valence-electron chi connectivity index (χ1n) is 7.73. The molecule has 0 fully saturated rings. The van der Waals surface area contributed by atoms with Gasteiger partial charge in [0.2, 0.25) is 0 Å². The monoisotopic (exact) mass is 380 g/mol. The van der Waals surface area contributed by atoms with Gasteiger partial charge >= 0.3 is 0 Å². The van der Waals surface area contributed by atoms with Crippen LogP contribution >= 0.6 is 31.9 Å². The van der Waals surface area contributed by atoms with E-state index in [4.69, 9.17) is 0 Å². The van der Waals surface area contributed by atoms with Crippen LogP contribution < -0.4 is 0 Å². The van der Waals surface area contributed by atoms with Crippen molar-refractivity contribution in [1.82, 2.24) is 0 Å². The Morgan fingerprint density at radius 3 is 1.33 bits per heavy atom. The summed E-state index contributed by atoms with van der Waals surface area (Å²) in [5, 5.41) is 1.18. The molecule has 0 bridgehead atoms. The minimum Gasteiger partial charge on any atom is -0.0928 e. The molecule has 0 aliphatic heterocycles. The third kappa shape index (κ3) is 16.7. The molecule has 0 radical (unpaired) electrons. The number of alkyl halides is 1. The Balaban J connectivity index is 2.90. The second-order valence-corrected chi connectivity index (χ2v) is 6.40. The van der Waals surface area contributed by atoms with Crippen LogP contribution in [0.5, 0.6) is 0 Å². The molecule has 0 heterocycles. The average molecular weight is 382 g/mol. The number of halogens is 2. The smallest absolute Gasteiger partial charge is 0.00313 e. The summed E-state index contributed by atoms with van der Waals surface area (Å²) < 4.78 is 0. The van der Waals surface area contributed by atoms with Gasteiger partial charge in [-0.1, -0.05) is 102 Å². The van der Waals surface area contributed by atoms with Crippen LogP contribution in [0.15, 0.2) is 11.1 Å². The summed E-state index contributed by atoms with van der Waals surface area (Å²) in [6, 6.07) is 0. The van der Waals surface area contributed by atoms with Crippen molar-refractivity contribution < 1.29 is 0 Å². The van der Waals surface area contributed by atoms with Gasteiger partial charge in [-0.15, -0.1) is 0 Å². The van der Waals surface area contributed by atoms with Crippen LogP contribution in [0.4, 0.5) is 0 Å². The van der Waals surface area contributed by atoms with Crippen molar-refractivity contribution in [3.05, 3.63) is 11.1 Å². The van der Waals surface area contributed by atoms with E-state index in [-0.39, 0.29) is 0 Å². The third-order valence-corrected chi connectivity index (χ3v) is 4.28. The number of allylic oxidation sites excluding steroid dienone is 1. The fourth-order valence-corrected chi connectivity index (χ4v) is 2.85. The van der Waals surface area contributed by atoms with Crippen LogP contribution in [0.25, 0.3) is 0 Å². The van der Waals surface area contributed by atoms with Crippen LogP contribution in [0, 0.1) is 0 Å². The molecule has 0 rings (SSSR count). The fourth-order valence-electron chi connectivity index (χ4n) is 2.19. The van der Waals surface area contributed by atoms with Gasteiger partial charge in [0.25, 0.3) is 0 Å². The predicted molar refractivity (Wildman–Crippen MR) is 91.9 cm³/mol. The molecule has 2 heteroatoms. The van der Waals surface area contributed by atoms with E-state index in [1.54, 1.807) is 0 Å². The highest BCUT2D eigenvalue weighted by Gasteiger charge is 1.93. The number of hydrogen-bond acceptors (Lipinski definition) is 0. The van der Waals surface area contributed by atoms with E-state index in [2.05, 4.69) is 37.9 Å². The average Bonchev–Trinajstić information content (AvgIpc) is 2.39. The van der Waals surface area contributed by atoms with Crippen molar-refractivity contribution >= 4 is 31.9 Å². The largest absolute Gasteiger partial charge is 0.0928 e. The molecule has 0 spiro atoms. The Morgan fingerprint density at radius 2 is 0.944 bits per heavy atom. The van der Waals surface area contributed by atoms with Crippen molar-refractivity contribution in [3.8, 4) is 0 Å². The lowest BCUT2D eigenvalue weighted by Gasteiger charge is -2.02. The molecule has 0 unspecified atom stereocenters. The van der Waals surface area contributed by atoms with E-state index in [9.17, 15) is 0 Å². The standard InChI is InChI=1S/C16H30Br2/c17-15-13-11-9-7-5-3-1-2-4-6-8-10-12-14-16-18/h13,15H,1-12,14,16H2. The zero-order chi connectivity index (χ0) is 13.3. The van der Waals surface area contributed by atoms with Crippen LogP contribution in [0.1, 0.15) is 83.5 Å². The minimum absolute atomic E-state index is 1.18. The maximum atomic E-state index is 3.48. The van der Waals surface area contributed by atoms with Gasteiger partial charge in [0.15, 0.2) is 0 Å². The summed E-state index contributed by atoms with van der Waals surface area (Å²) in [7, 11) is 0. The topological polar surface area (TPSA) is 0 Å². The SMILES string of the molecule is BrC=CCCCCCCCCCCCCCCBr. The first-order chi connectivity index (χ1) is 8.91. The lowest BCUT2D eigenvalue weighted by atomic mass is 10.0. The summed E-state index contributed by atoms with van der Waals surface area (Å²) in [5.74, 6) is 0. The Labute approximate surface area is 131 Å². The van der Waals surface area contributed by atoms with Gasteiger partial charge in [-0.3, -0.25) is 0 Å². The number of hydrogen-bond donors (Lipinski definition) is 0. The highest BCUT2D eigenvalue weighted by molar-refractivity contribution is 9.11. The van der Waals surface area contributed by atoms with Crippen molar-refractivity contribution in [2.75, 3.05) is 5.33 Å². The normalized spacial score (nSPS) is 11.4. The Hall–Kier alpha value is 0.700. The van der Waals surface area contributed by atoms with Crippen molar-refractivity contribution in [3.63, 3.8) is 0 Å². The summed E-state index contributed by atoms with van der Waals surface area (Å²) in [6.07, 6.45) is 20.6. The summed E-state index contributed by atoms with van der Waals surface area (Å²) >= 11 is 6.79. The van der Waals surface area contributed by atoms with Gasteiger partial charge in [0.05, 0.1) is 0 Å². The molecular formula is C16H30Br2. The zero-order valence-electron chi connectivity index (χ0n) is 11.8. The minimum atomic E-state index is 1.18. The van der Waals surface area contributed by atoms with Crippen LogP contribution in [-0.4, -0.2) is 5.33 Å². The van der Waals surface area contributed by atoms with E-state index in [1.165, 1.54) is 88.8 Å². The molecule has 18 heavy (non-hydrogen) atoms. The van der Waals surface area contributed by atoms with Gasteiger partial charge in [-0.2, -0.15) is 0 Å². The second-order valence-electron chi connectivity index (χ2n) is 5.08. The molecule has 0 aromatic carbocycles. The van der Waals surface area contributed by atoms with Crippen LogP contribution in [-0.2, 0) is 0 Å². The lowest BCUT2D eigenvalue weighted by Crippen LogP contribution is -1.83. The molecule has 0 atom stereocenters. The summed E-state index contributed by atoms with van der Waals surface area (Å²) in [4.78, 5) is 1.98. The van der Waals surface area contributed by atoms with E-state index in [1.807, 2.05) is 4.99 Å². The van der Waals surface area contributed by atoms with Gasteiger partial charge in [-0.25, -0.2) is 0 Å². The van der Waals surface area contributed by atoms with E-state index >= 15 is 0 Å². The Morgan fingerprint density at radius 1 is 0.556 bits per heavy atom. The van der Waals surface area contributed by atoms with Crippen LogP contribution in [0.3, 0.4) is 0 Å². The molecule has 0 amide bonds. The van der Waals surface area contributed by atoms with Gasteiger partial charge < -0.3 is 0 Å². The second kappa shape index (κ2) is 17.7. The third-order valence-electron chi connectivity index (χ3n) is 3.34. The van der Waals surface area contributed by atoms with Gasteiger partial charge in [0.1, 0.15) is 0 Å². The van der Waals surface area contributed by atoms with E-state index in [0.717, 1.165) is 0 Å². The van der Waals surface area contributed by atoms with E-state index in [0.29, 0.717) is 0 Å². The predicted octanol–water partition coefficient (Wildman–Crippen LogP) is 7.36. The molecular weight excluding hydrogens is 352 g/mol. The summed E-state index contributed by atoms with van der Waals surface area (Å²) in [5.41, 5.74) is 0. The number of unbranched alkanes of at least 4 members (excludes halogenated alkanes) is 12. The van der Waals surface area contributed by atoms with E-state index < -0.39 is 0 Å². The highest BCUT2D eigenvalue weighted by Crippen LogP contribution is 2.12. The summed E-state index contributed by atoms with van der Waals surface area (Å²) in [6.45, 7) is 0. The molecule has 0 N–H and O–H groups in total.